The third kappa shape index (κ3) is 3.71. The standard InChI is InChI=1S/C23H24N2O3/c1-16-12-17(2)22-19(26)14-21(28-20(22)13-16)23(27)25-10-8-24(9-11-25)15-18-6-4-3-5-7-18/h3-7,12-14H,8-11,15H2,1-2H3. The molecule has 1 aromatic heterocycles. The molecule has 5 heteroatoms. The first-order chi connectivity index (χ1) is 13.5. The summed E-state index contributed by atoms with van der Waals surface area (Å²) in [5, 5.41) is 0.551. The van der Waals surface area contributed by atoms with Crippen molar-refractivity contribution in [2.75, 3.05) is 26.2 Å². The number of hydrogen-bond acceptors (Lipinski definition) is 4. The van der Waals surface area contributed by atoms with Gasteiger partial charge in [0.1, 0.15) is 5.58 Å². The van der Waals surface area contributed by atoms with E-state index in [4.69, 9.17) is 4.42 Å². The number of benzene rings is 2. The quantitative estimate of drug-likeness (QED) is 0.703. The minimum absolute atomic E-state index is 0.124. The zero-order chi connectivity index (χ0) is 19.7. The molecule has 1 aliphatic heterocycles. The van der Waals surface area contributed by atoms with E-state index in [9.17, 15) is 9.59 Å². The maximum Gasteiger partial charge on any atom is 0.289 e. The Bertz CT molecular complexity index is 1060. The Morgan fingerprint density at radius 2 is 1.71 bits per heavy atom. The van der Waals surface area contributed by atoms with Crippen LogP contribution in [0, 0.1) is 13.8 Å². The van der Waals surface area contributed by atoms with Gasteiger partial charge in [0.2, 0.25) is 0 Å². The van der Waals surface area contributed by atoms with Crippen LogP contribution in [0.4, 0.5) is 0 Å². The first kappa shape index (κ1) is 18.4. The molecule has 28 heavy (non-hydrogen) atoms. The average molecular weight is 376 g/mol. The second-order valence-corrected chi connectivity index (χ2v) is 7.48. The number of carbonyl (C=O) groups is 1. The van der Waals surface area contributed by atoms with Crippen molar-refractivity contribution in [3.63, 3.8) is 0 Å². The van der Waals surface area contributed by atoms with Crippen molar-refractivity contribution in [1.29, 1.82) is 0 Å². The highest BCUT2D eigenvalue weighted by Crippen LogP contribution is 2.20. The molecular formula is C23H24N2O3. The number of nitrogens with zero attached hydrogens (tertiary/aromatic N) is 2. The highest BCUT2D eigenvalue weighted by Gasteiger charge is 2.24. The lowest BCUT2D eigenvalue weighted by Gasteiger charge is -2.34. The Balaban J connectivity index is 1.49. The summed E-state index contributed by atoms with van der Waals surface area (Å²) >= 11 is 0. The van der Waals surface area contributed by atoms with Gasteiger partial charge >= 0.3 is 0 Å². The second-order valence-electron chi connectivity index (χ2n) is 7.48. The molecule has 144 valence electrons. The first-order valence-corrected chi connectivity index (χ1v) is 9.62. The molecule has 0 unspecified atom stereocenters. The fourth-order valence-corrected chi connectivity index (χ4v) is 3.88. The highest BCUT2D eigenvalue weighted by molar-refractivity contribution is 5.93. The summed E-state index contributed by atoms with van der Waals surface area (Å²) in [6.45, 7) is 7.58. The molecule has 5 nitrogen and oxygen atoms in total. The Hall–Kier alpha value is -2.92. The van der Waals surface area contributed by atoms with Crippen molar-refractivity contribution in [2.24, 2.45) is 0 Å². The van der Waals surface area contributed by atoms with E-state index < -0.39 is 0 Å². The van der Waals surface area contributed by atoms with E-state index in [-0.39, 0.29) is 17.1 Å². The minimum Gasteiger partial charge on any atom is -0.451 e. The van der Waals surface area contributed by atoms with Crippen molar-refractivity contribution < 1.29 is 9.21 Å². The van der Waals surface area contributed by atoms with Crippen LogP contribution in [0.5, 0.6) is 0 Å². The highest BCUT2D eigenvalue weighted by atomic mass is 16.3. The third-order valence-corrected chi connectivity index (χ3v) is 5.29. The van der Waals surface area contributed by atoms with E-state index in [1.807, 2.05) is 44.2 Å². The number of aryl methyl sites for hydroxylation is 2. The average Bonchev–Trinajstić information content (AvgIpc) is 2.68. The molecule has 1 aliphatic rings. The van der Waals surface area contributed by atoms with Crippen LogP contribution in [0.2, 0.25) is 0 Å². The number of piperazine rings is 1. The molecule has 2 aromatic carbocycles. The van der Waals surface area contributed by atoms with Gasteiger partial charge in [0, 0.05) is 38.8 Å². The Morgan fingerprint density at radius 3 is 2.43 bits per heavy atom. The molecule has 0 atom stereocenters. The molecule has 0 spiro atoms. The fraction of sp³-hybridized carbons (Fsp3) is 0.304. The molecule has 3 aromatic rings. The molecule has 0 aliphatic carbocycles. The Labute approximate surface area is 164 Å². The van der Waals surface area contributed by atoms with E-state index >= 15 is 0 Å². The van der Waals surface area contributed by atoms with Crippen LogP contribution in [-0.2, 0) is 6.54 Å². The second kappa shape index (κ2) is 7.60. The van der Waals surface area contributed by atoms with Gasteiger partial charge in [-0.3, -0.25) is 14.5 Å². The van der Waals surface area contributed by atoms with Crippen LogP contribution in [0.25, 0.3) is 11.0 Å². The summed E-state index contributed by atoms with van der Waals surface area (Å²) in [6, 6.07) is 15.4. The summed E-state index contributed by atoms with van der Waals surface area (Å²) in [7, 11) is 0. The summed E-state index contributed by atoms with van der Waals surface area (Å²) in [4.78, 5) is 29.5. The van der Waals surface area contributed by atoms with Crippen LogP contribution in [-0.4, -0.2) is 41.9 Å². The van der Waals surface area contributed by atoms with E-state index in [0.717, 1.165) is 30.8 Å². The molecule has 0 bridgehead atoms. The van der Waals surface area contributed by atoms with Gasteiger partial charge in [0.25, 0.3) is 5.91 Å². The molecule has 2 heterocycles. The number of rotatable bonds is 3. The van der Waals surface area contributed by atoms with Crippen LogP contribution < -0.4 is 5.43 Å². The number of carbonyl (C=O) groups excluding carboxylic acids is 1. The Morgan fingerprint density at radius 1 is 1.00 bits per heavy atom. The summed E-state index contributed by atoms with van der Waals surface area (Å²) in [5.41, 5.74) is 3.47. The van der Waals surface area contributed by atoms with Crippen LogP contribution in [0.3, 0.4) is 0 Å². The maximum absolute atomic E-state index is 12.9. The van der Waals surface area contributed by atoms with E-state index in [2.05, 4.69) is 17.0 Å². The Kier molecular flexibility index (Phi) is 5.01. The van der Waals surface area contributed by atoms with Crippen molar-refractivity contribution in [3.05, 3.63) is 81.2 Å². The summed E-state index contributed by atoms with van der Waals surface area (Å²) in [5.74, 6) is -0.0865. The monoisotopic (exact) mass is 376 g/mol. The number of hydrogen-bond donors (Lipinski definition) is 0. The zero-order valence-corrected chi connectivity index (χ0v) is 16.3. The van der Waals surface area contributed by atoms with Crippen LogP contribution in [0.1, 0.15) is 27.2 Å². The zero-order valence-electron chi connectivity index (χ0n) is 16.3. The first-order valence-electron chi connectivity index (χ1n) is 9.62. The van der Waals surface area contributed by atoms with E-state index in [0.29, 0.717) is 24.1 Å². The molecule has 0 radical (unpaired) electrons. The van der Waals surface area contributed by atoms with Crippen molar-refractivity contribution in [2.45, 2.75) is 20.4 Å². The van der Waals surface area contributed by atoms with Crippen molar-refractivity contribution in [3.8, 4) is 0 Å². The minimum atomic E-state index is -0.211. The van der Waals surface area contributed by atoms with Gasteiger partial charge in [-0.05, 0) is 36.6 Å². The molecule has 0 N–H and O–H groups in total. The molecule has 1 saturated heterocycles. The van der Waals surface area contributed by atoms with Gasteiger partial charge < -0.3 is 9.32 Å². The van der Waals surface area contributed by atoms with E-state index in [1.54, 1.807) is 4.90 Å². The van der Waals surface area contributed by atoms with Crippen molar-refractivity contribution in [1.82, 2.24) is 9.80 Å². The van der Waals surface area contributed by atoms with Crippen LogP contribution >= 0.6 is 0 Å². The van der Waals surface area contributed by atoms with Gasteiger partial charge in [-0.1, -0.05) is 36.4 Å². The van der Waals surface area contributed by atoms with Gasteiger partial charge in [0.15, 0.2) is 11.2 Å². The fourth-order valence-electron chi connectivity index (χ4n) is 3.88. The summed E-state index contributed by atoms with van der Waals surface area (Å²) in [6.07, 6.45) is 0. The molecule has 1 fully saturated rings. The normalized spacial score (nSPS) is 15.1. The topological polar surface area (TPSA) is 53.8 Å². The SMILES string of the molecule is Cc1cc(C)c2c(=O)cc(C(=O)N3CCN(Cc4ccccc4)CC3)oc2c1. The summed E-state index contributed by atoms with van der Waals surface area (Å²) < 4.78 is 5.84. The molecule has 0 saturated carbocycles. The van der Waals surface area contributed by atoms with Crippen molar-refractivity contribution >= 4 is 16.9 Å². The lowest BCUT2D eigenvalue weighted by molar-refractivity contribution is 0.0598. The van der Waals surface area contributed by atoms with Crippen LogP contribution in [0.15, 0.2) is 57.7 Å². The smallest absolute Gasteiger partial charge is 0.289 e. The van der Waals surface area contributed by atoms with Gasteiger partial charge in [0.05, 0.1) is 5.39 Å². The molecular weight excluding hydrogens is 352 g/mol. The molecule has 1 amide bonds. The largest absolute Gasteiger partial charge is 0.451 e. The van der Waals surface area contributed by atoms with Gasteiger partial charge in [-0.2, -0.15) is 0 Å². The number of amides is 1. The van der Waals surface area contributed by atoms with E-state index in [1.165, 1.54) is 11.6 Å². The maximum atomic E-state index is 12.9. The molecule has 4 rings (SSSR count). The predicted octanol–water partition coefficient (Wildman–Crippen LogP) is 3.37. The predicted molar refractivity (Wildman–Crippen MR) is 110 cm³/mol. The lowest BCUT2D eigenvalue weighted by atomic mass is 10.1. The number of fused-ring (bicyclic) bond motifs is 1. The third-order valence-electron chi connectivity index (χ3n) is 5.29. The van der Waals surface area contributed by atoms with Gasteiger partial charge in [-0.25, -0.2) is 0 Å². The lowest BCUT2D eigenvalue weighted by Crippen LogP contribution is -2.48. The van der Waals surface area contributed by atoms with Gasteiger partial charge in [-0.15, -0.1) is 0 Å².